The molecule has 0 aromatic heterocycles. The van der Waals surface area contributed by atoms with Crippen LogP contribution in [0, 0.1) is 5.92 Å². The van der Waals surface area contributed by atoms with Gasteiger partial charge < -0.3 is 14.5 Å². The molecule has 2 fully saturated rings. The Hall–Kier alpha value is -2.68. The molecule has 2 aromatic rings. The number of benzene rings is 2. The number of nitrogens with zero attached hydrogens (tertiary/aromatic N) is 3. The number of hydrogen-bond donors (Lipinski definition) is 0. The topological polar surface area (TPSA) is 70.2 Å². The summed E-state index contributed by atoms with van der Waals surface area (Å²) in [5, 5.41) is 1.26. The molecule has 0 N–H and O–H groups in total. The summed E-state index contributed by atoms with van der Waals surface area (Å²) in [4.78, 5) is 17.1. The van der Waals surface area contributed by atoms with Gasteiger partial charge in [-0.3, -0.25) is 4.79 Å². The van der Waals surface area contributed by atoms with Crippen LogP contribution in [0.2, 0.25) is 0 Å². The van der Waals surface area contributed by atoms with Gasteiger partial charge in [0.25, 0.3) is 0 Å². The van der Waals surface area contributed by atoms with Crippen LogP contribution in [0.4, 0.5) is 5.69 Å². The highest BCUT2D eigenvalue weighted by molar-refractivity contribution is 7.92. The highest BCUT2D eigenvalue weighted by Gasteiger charge is 2.31. The average Bonchev–Trinajstić information content (AvgIpc) is 2.89. The first kappa shape index (κ1) is 24.4. The fourth-order valence-electron chi connectivity index (χ4n) is 4.47. The van der Waals surface area contributed by atoms with E-state index in [-0.39, 0.29) is 11.8 Å². The summed E-state index contributed by atoms with van der Waals surface area (Å²) in [5.41, 5.74) is 3.10. The number of hydrogen-bond acceptors (Lipinski definition) is 5. The molecule has 2 aliphatic rings. The van der Waals surface area contributed by atoms with E-state index in [0.717, 1.165) is 37.4 Å². The summed E-state index contributed by atoms with van der Waals surface area (Å²) in [6.07, 6.45) is 2.69. The van der Waals surface area contributed by atoms with Crippen molar-refractivity contribution in [2.24, 2.45) is 5.92 Å². The van der Waals surface area contributed by atoms with E-state index in [1.165, 1.54) is 15.4 Å². The van der Waals surface area contributed by atoms with Gasteiger partial charge in [-0.15, -0.1) is 0 Å². The van der Waals surface area contributed by atoms with Crippen LogP contribution in [-0.4, -0.2) is 70.0 Å². The number of ether oxygens (including phenoxy) is 1. The maximum Gasteiger partial charge on any atom is 0.236 e. The first-order valence-electron chi connectivity index (χ1n) is 11.8. The van der Waals surface area contributed by atoms with E-state index in [1.807, 2.05) is 37.4 Å². The van der Waals surface area contributed by atoms with Crippen LogP contribution >= 0.6 is 0 Å². The van der Waals surface area contributed by atoms with Crippen molar-refractivity contribution in [2.45, 2.75) is 19.4 Å². The Morgan fingerprint density at radius 3 is 2.29 bits per heavy atom. The molecule has 0 unspecified atom stereocenters. The van der Waals surface area contributed by atoms with Gasteiger partial charge in [0.05, 0.1) is 13.2 Å². The van der Waals surface area contributed by atoms with Gasteiger partial charge in [0.15, 0.2) is 0 Å². The van der Waals surface area contributed by atoms with E-state index in [1.54, 1.807) is 11.0 Å². The lowest BCUT2D eigenvalue weighted by atomic mass is 9.96. The molecule has 0 aliphatic carbocycles. The van der Waals surface area contributed by atoms with Crippen LogP contribution in [0.1, 0.15) is 24.0 Å². The number of piperidine rings is 1. The molecule has 8 heteroatoms. The SMILES string of the molecule is CN(Cc1ccc(N2CCOCC2)cc1)C(=O)C1CCN(S(=O)(=O)/C=C/c2ccccc2)CC1. The summed E-state index contributed by atoms with van der Waals surface area (Å²) in [7, 11) is -1.67. The van der Waals surface area contributed by atoms with Crippen LogP contribution < -0.4 is 4.90 Å². The molecule has 2 heterocycles. The van der Waals surface area contributed by atoms with Crippen molar-refractivity contribution in [1.29, 1.82) is 0 Å². The maximum absolute atomic E-state index is 13.0. The molecule has 2 saturated heterocycles. The van der Waals surface area contributed by atoms with Crippen molar-refractivity contribution in [3.63, 3.8) is 0 Å². The lowest BCUT2D eigenvalue weighted by Crippen LogP contribution is -2.42. The quantitative estimate of drug-likeness (QED) is 0.605. The van der Waals surface area contributed by atoms with Crippen LogP contribution in [-0.2, 0) is 26.1 Å². The Balaban J connectivity index is 1.27. The smallest absolute Gasteiger partial charge is 0.236 e. The number of anilines is 1. The number of carbonyl (C=O) groups is 1. The van der Waals surface area contributed by atoms with Gasteiger partial charge in [-0.25, -0.2) is 8.42 Å². The zero-order chi connectivity index (χ0) is 24.0. The highest BCUT2D eigenvalue weighted by atomic mass is 32.2. The Labute approximate surface area is 202 Å². The van der Waals surface area contributed by atoms with Crippen LogP contribution in [0.25, 0.3) is 6.08 Å². The largest absolute Gasteiger partial charge is 0.378 e. The third kappa shape index (κ3) is 6.25. The first-order chi connectivity index (χ1) is 16.4. The summed E-state index contributed by atoms with van der Waals surface area (Å²) >= 11 is 0. The molecule has 34 heavy (non-hydrogen) atoms. The molecule has 0 saturated carbocycles. The highest BCUT2D eigenvalue weighted by Crippen LogP contribution is 2.24. The predicted molar refractivity (Wildman–Crippen MR) is 135 cm³/mol. The van der Waals surface area contributed by atoms with Crippen molar-refractivity contribution in [3.8, 4) is 0 Å². The van der Waals surface area contributed by atoms with Crippen molar-refractivity contribution < 1.29 is 17.9 Å². The molecule has 2 aromatic carbocycles. The van der Waals surface area contributed by atoms with Crippen molar-refractivity contribution >= 4 is 27.7 Å². The number of rotatable bonds is 7. The van der Waals surface area contributed by atoms with Gasteiger partial charge in [0, 0.05) is 56.8 Å². The molecular weight excluding hydrogens is 450 g/mol. The van der Waals surface area contributed by atoms with E-state index in [0.29, 0.717) is 32.5 Å². The number of carbonyl (C=O) groups excluding carboxylic acids is 1. The second kappa shape index (κ2) is 11.2. The fourth-order valence-corrected chi connectivity index (χ4v) is 5.69. The third-order valence-electron chi connectivity index (χ3n) is 6.50. The summed E-state index contributed by atoms with van der Waals surface area (Å²) < 4.78 is 32.3. The zero-order valence-corrected chi connectivity index (χ0v) is 20.5. The molecule has 7 nitrogen and oxygen atoms in total. The van der Waals surface area contributed by atoms with Gasteiger partial charge in [0.1, 0.15) is 0 Å². The molecule has 182 valence electrons. The molecule has 0 spiro atoms. The normalized spacial score (nSPS) is 18.3. The van der Waals surface area contributed by atoms with Gasteiger partial charge in [-0.2, -0.15) is 4.31 Å². The predicted octanol–water partition coefficient (Wildman–Crippen LogP) is 3.19. The van der Waals surface area contributed by atoms with Crippen molar-refractivity contribution in [3.05, 3.63) is 71.1 Å². The molecule has 0 bridgehead atoms. The van der Waals surface area contributed by atoms with E-state index in [9.17, 15) is 13.2 Å². The summed E-state index contributed by atoms with van der Waals surface area (Å²) in [5.74, 6) is -0.0729. The lowest BCUT2D eigenvalue weighted by molar-refractivity contribution is -0.135. The Morgan fingerprint density at radius 1 is 1.00 bits per heavy atom. The summed E-state index contributed by atoms with van der Waals surface area (Å²) in [6.45, 7) is 4.56. The minimum atomic E-state index is -3.50. The molecular formula is C26H33N3O4S. The standard InChI is InChI=1S/C26H33N3O4S/c1-27(21-23-7-9-25(10-8-23)28-16-18-33-19-17-28)26(30)24-11-14-29(15-12-24)34(31,32)20-13-22-5-3-2-4-6-22/h2-10,13,20,24H,11-12,14-19,21H2,1H3/b20-13+. The van der Waals surface area contributed by atoms with Gasteiger partial charge in [-0.05, 0) is 42.2 Å². The molecule has 1 amide bonds. The van der Waals surface area contributed by atoms with E-state index in [4.69, 9.17) is 4.74 Å². The number of sulfonamides is 1. The summed E-state index contributed by atoms with van der Waals surface area (Å²) in [6, 6.07) is 17.7. The molecule has 2 aliphatic heterocycles. The van der Waals surface area contributed by atoms with Crippen LogP contribution in [0.15, 0.2) is 60.0 Å². The average molecular weight is 484 g/mol. The second-order valence-corrected chi connectivity index (χ2v) is 10.7. The first-order valence-corrected chi connectivity index (χ1v) is 13.3. The fraction of sp³-hybridized carbons (Fsp3) is 0.423. The zero-order valence-electron chi connectivity index (χ0n) is 19.7. The minimum Gasteiger partial charge on any atom is -0.378 e. The third-order valence-corrected chi connectivity index (χ3v) is 8.07. The maximum atomic E-state index is 13.0. The van der Waals surface area contributed by atoms with Crippen molar-refractivity contribution in [1.82, 2.24) is 9.21 Å². The van der Waals surface area contributed by atoms with Gasteiger partial charge in [-0.1, -0.05) is 42.5 Å². The Bertz CT molecular complexity index is 1070. The van der Waals surface area contributed by atoms with Gasteiger partial charge in [0.2, 0.25) is 15.9 Å². The van der Waals surface area contributed by atoms with Crippen LogP contribution in [0.5, 0.6) is 0 Å². The molecule has 4 rings (SSSR count). The second-order valence-electron chi connectivity index (χ2n) is 8.89. The van der Waals surface area contributed by atoms with Gasteiger partial charge >= 0.3 is 0 Å². The lowest BCUT2D eigenvalue weighted by Gasteiger charge is -2.32. The van der Waals surface area contributed by atoms with Crippen molar-refractivity contribution in [2.75, 3.05) is 51.3 Å². The van der Waals surface area contributed by atoms with E-state index < -0.39 is 10.0 Å². The number of amides is 1. The Morgan fingerprint density at radius 2 is 1.65 bits per heavy atom. The number of morpholine rings is 1. The molecule has 0 atom stereocenters. The van der Waals surface area contributed by atoms with E-state index >= 15 is 0 Å². The Kier molecular flexibility index (Phi) is 8.03. The minimum absolute atomic E-state index is 0.0779. The monoisotopic (exact) mass is 483 g/mol. The van der Waals surface area contributed by atoms with E-state index in [2.05, 4.69) is 29.2 Å². The molecule has 0 radical (unpaired) electrons. The van der Waals surface area contributed by atoms with Crippen LogP contribution in [0.3, 0.4) is 0 Å².